The Morgan fingerprint density at radius 1 is 1.21 bits per heavy atom. The van der Waals surface area contributed by atoms with Crippen molar-refractivity contribution in [3.8, 4) is 5.75 Å². The van der Waals surface area contributed by atoms with E-state index in [1.165, 1.54) is 6.66 Å². The van der Waals surface area contributed by atoms with Crippen molar-refractivity contribution in [1.82, 2.24) is 5.32 Å². The Labute approximate surface area is 207 Å². The fraction of sp³-hybridized carbons (Fsp3) is 0.619. The maximum atomic E-state index is 12.8. The molecule has 1 N–H and O–H groups in total. The van der Waals surface area contributed by atoms with Crippen LogP contribution in [0.1, 0.15) is 43.7 Å². The van der Waals surface area contributed by atoms with Crippen LogP contribution in [0.25, 0.3) is 5.57 Å². The Kier molecular flexibility index (Phi) is 8.07. The second kappa shape index (κ2) is 9.84. The van der Waals surface area contributed by atoms with Gasteiger partial charge in [0.15, 0.2) is 12.4 Å². The highest BCUT2D eigenvalue weighted by Crippen LogP contribution is 2.56. The minimum absolute atomic E-state index is 0.291. The van der Waals surface area contributed by atoms with Crippen molar-refractivity contribution in [2.45, 2.75) is 56.8 Å². The van der Waals surface area contributed by atoms with Gasteiger partial charge in [-0.1, -0.05) is 11.6 Å². The number of hydrogen-bond donors (Lipinski definition) is 1. The van der Waals surface area contributed by atoms with E-state index in [1.54, 1.807) is 19.2 Å². The third-order valence-corrected chi connectivity index (χ3v) is 8.37. The number of nitrogens with one attached hydrogen (secondary N) is 1. The van der Waals surface area contributed by atoms with Crippen molar-refractivity contribution in [3.05, 3.63) is 34.0 Å². The van der Waals surface area contributed by atoms with Gasteiger partial charge < -0.3 is 23.4 Å². The topological polar surface area (TPSA) is 49.0 Å². The lowest BCUT2D eigenvalue weighted by atomic mass is 9.74. The zero-order valence-corrected chi connectivity index (χ0v) is 22.0. The average molecular weight is 548 g/mol. The zero-order chi connectivity index (χ0) is 24.7. The van der Waals surface area contributed by atoms with E-state index in [0.29, 0.717) is 47.1 Å². The number of halogens is 5. The number of methoxy groups -OCH3 is 1. The molecule has 0 amide bonds. The van der Waals surface area contributed by atoms with Gasteiger partial charge in [-0.15, -0.1) is 0 Å². The van der Waals surface area contributed by atoms with Crippen LogP contribution in [0.15, 0.2) is 17.9 Å². The molecule has 1 fully saturated rings. The van der Waals surface area contributed by atoms with Crippen molar-refractivity contribution in [2.75, 3.05) is 26.9 Å². The number of aryl methyl sites for hydroxylation is 1. The zero-order valence-electron chi connectivity index (χ0n) is 18.8. The molecular weight excluding hydrogens is 521 g/mol. The molecule has 0 aromatic heterocycles. The molecule has 2 aliphatic rings. The molecule has 5 nitrogen and oxygen atoms in total. The summed E-state index contributed by atoms with van der Waals surface area (Å²) in [5, 5.41) is 3.97. The Hall–Kier alpha value is -0.540. The van der Waals surface area contributed by atoms with Crippen LogP contribution in [0.5, 0.6) is 5.75 Å². The molecule has 1 unspecified atom stereocenters. The first kappa shape index (κ1) is 27.1. The van der Waals surface area contributed by atoms with Crippen LogP contribution < -0.4 is 9.61 Å². The number of alkyl halides is 3. The summed E-state index contributed by atoms with van der Waals surface area (Å²) in [6.07, 6.45) is -1.76. The van der Waals surface area contributed by atoms with E-state index < -0.39 is 24.8 Å². The van der Waals surface area contributed by atoms with Crippen LogP contribution in [-0.2, 0) is 25.6 Å². The predicted octanol–water partition coefficient (Wildman–Crippen LogP) is 6.75. The van der Waals surface area contributed by atoms with Crippen LogP contribution in [-0.4, -0.2) is 44.2 Å². The Balaban J connectivity index is 2.08. The maximum absolute atomic E-state index is 12.8. The molecule has 1 aromatic rings. The highest BCUT2D eigenvalue weighted by Gasteiger charge is 2.50. The molecule has 0 saturated heterocycles. The van der Waals surface area contributed by atoms with Crippen LogP contribution in [0.3, 0.4) is 0 Å². The minimum Gasteiger partial charge on any atom is -0.446 e. The van der Waals surface area contributed by atoms with Gasteiger partial charge in [-0.25, -0.2) is 0 Å². The van der Waals surface area contributed by atoms with Gasteiger partial charge in [0, 0.05) is 42.5 Å². The second-order valence-corrected chi connectivity index (χ2v) is 13.4. The van der Waals surface area contributed by atoms with Gasteiger partial charge in [-0.05, 0) is 63.0 Å². The molecular formula is C21H27Cl2F3NO4PS. The van der Waals surface area contributed by atoms with Crippen molar-refractivity contribution in [3.63, 3.8) is 0 Å². The van der Waals surface area contributed by atoms with Gasteiger partial charge in [-0.2, -0.15) is 13.2 Å². The van der Waals surface area contributed by atoms with E-state index >= 15 is 0 Å². The molecule has 3 rings (SSSR count). The van der Waals surface area contributed by atoms with Gasteiger partial charge in [0.2, 0.25) is 6.49 Å². The standard InChI is InChI=1S/C21H27Cl2F3NO4PS/c1-13-9-14(22)10-16(30-23)17(13)15-11-27-20(7-5-19(2,28-3)6-8-20)18(15)31-32(4,33)29-12-21(24,25)26/h9-10,27H,5-8,11-12H2,1-4H3. The van der Waals surface area contributed by atoms with Crippen molar-refractivity contribution >= 4 is 47.3 Å². The van der Waals surface area contributed by atoms with Gasteiger partial charge in [0.05, 0.1) is 11.1 Å². The first-order valence-corrected chi connectivity index (χ1v) is 14.1. The fourth-order valence-corrected chi connectivity index (χ4v) is 6.22. The molecule has 0 bridgehead atoms. The normalized spacial score (nSPS) is 27.7. The molecule has 33 heavy (non-hydrogen) atoms. The fourth-order valence-electron chi connectivity index (χ4n) is 4.41. The summed E-state index contributed by atoms with van der Waals surface area (Å²) in [6, 6.07) is 3.34. The molecule has 12 heteroatoms. The number of benzene rings is 1. The molecule has 1 aliphatic carbocycles. The summed E-state index contributed by atoms with van der Waals surface area (Å²) in [6.45, 7) is 0.923. The largest absolute Gasteiger partial charge is 0.446 e. The average Bonchev–Trinajstić information content (AvgIpc) is 3.05. The van der Waals surface area contributed by atoms with Crippen molar-refractivity contribution in [2.24, 2.45) is 0 Å². The lowest BCUT2D eigenvalue weighted by Gasteiger charge is -2.44. The minimum atomic E-state index is -4.51. The lowest BCUT2D eigenvalue weighted by molar-refractivity contribution is -0.153. The summed E-state index contributed by atoms with van der Waals surface area (Å²) in [5.41, 5.74) is 1.25. The molecule has 1 heterocycles. The molecule has 1 aromatic carbocycles. The molecule has 1 spiro atoms. The van der Waals surface area contributed by atoms with Gasteiger partial charge in [0.1, 0.15) is 17.6 Å². The number of ether oxygens (including phenoxy) is 1. The van der Waals surface area contributed by atoms with E-state index in [4.69, 9.17) is 53.3 Å². The van der Waals surface area contributed by atoms with E-state index in [0.717, 1.165) is 18.4 Å². The van der Waals surface area contributed by atoms with Gasteiger partial charge >= 0.3 is 6.18 Å². The molecule has 1 aliphatic heterocycles. The smallest absolute Gasteiger partial charge is 0.412 e. The van der Waals surface area contributed by atoms with Crippen LogP contribution in [0.4, 0.5) is 13.2 Å². The number of hydrogen-bond acceptors (Lipinski definition) is 6. The summed E-state index contributed by atoms with van der Waals surface area (Å²) < 4.78 is 60.4. The summed E-state index contributed by atoms with van der Waals surface area (Å²) in [5.74, 6) is 0.809. The summed E-state index contributed by atoms with van der Waals surface area (Å²) in [4.78, 5) is 0. The van der Waals surface area contributed by atoms with E-state index in [9.17, 15) is 13.2 Å². The molecule has 1 atom stereocenters. The first-order valence-electron chi connectivity index (χ1n) is 10.3. The lowest BCUT2D eigenvalue weighted by Crippen LogP contribution is -2.50. The molecule has 1 saturated carbocycles. The van der Waals surface area contributed by atoms with E-state index in [-0.39, 0.29) is 5.60 Å². The third kappa shape index (κ3) is 6.18. The molecule has 0 radical (unpaired) electrons. The van der Waals surface area contributed by atoms with E-state index in [1.807, 2.05) is 13.8 Å². The maximum Gasteiger partial charge on any atom is 0.412 e. The number of rotatable bonds is 7. The quantitative estimate of drug-likeness (QED) is 0.381. The van der Waals surface area contributed by atoms with Crippen molar-refractivity contribution in [1.29, 1.82) is 0 Å². The first-order chi connectivity index (χ1) is 15.2. The van der Waals surface area contributed by atoms with Crippen LogP contribution in [0.2, 0.25) is 5.02 Å². The van der Waals surface area contributed by atoms with Crippen LogP contribution in [0, 0.1) is 6.92 Å². The Morgan fingerprint density at radius 3 is 2.39 bits per heavy atom. The summed E-state index contributed by atoms with van der Waals surface area (Å²) >= 11 is 17.3. The van der Waals surface area contributed by atoms with E-state index in [2.05, 4.69) is 5.32 Å². The molecule has 186 valence electrons. The second-order valence-electron chi connectivity index (χ2n) is 8.82. The monoisotopic (exact) mass is 547 g/mol. The highest BCUT2D eigenvalue weighted by molar-refractivity contribution is 8.09. The summed E-state index contributed by atoms with van der Waals surface area (Å²) in [7, 11) is 1.68. The Bertz CT molecular complexity index is 981. The SMILES string of the molecule is COC1(C)CCC2(CC1)NCC(c1c(C)cc(Cl)cc1OCl)=C2OP(C)(=S)OCC(F)(F)F. The van der Waals surface area contributed by atoms with Gasteiger partial charge in [-0.3, -0.25) is 0 Å². The van der Waals surface area contributed by atoms with Crippen molar-refractivity contribution < 1.29 is 31.2 Å². The third-order valence-electron chi connectivity index (χ3n) is 6.34. The Morgan fingerprint density at radius 2 is 1.85 bits per heavy atom. The predicted molar refractivity (Wildman–Crippen MR) is 128 cm³/mol. The van der Waals surface area contributed by atoms with Gasteiger partial charge in [0.25, 0.3) is 0 Å². The highest BCUT2D eigenvalue weighted by atomic mass is 35.5. The van der Waals surface area contributed by atoms with Crippen LogP contribution >= 0.6 is 30.0 Å².